The Balaban J connectivity index is 2.87. The molecule has 4 nitrogen and oxygen atoms in total. The minimum Gasteiger partial charge on any atom is -0.375 e. The zero-order valence-corrected chi connectivity index (χ0v) is 10.7. The lowest BCUT2D eigenvalue weighted by atomic mass is 10.2. The van der Waals surface area contributed by atoms with E-state index in [1.807, 2.05) is 24.3 Å². The number of nitrogens with zero attached hydrogens (tertiary/aromatic N) is 1. The molecule has 0 fully saturated rings. The number of rotatable bonds is 6. The summed E-state index contributed by atoms with van der Waals surface area (Å²) in [4.78, 5) is 13.7. The van der Waals surface area contributed by atoms with Crippen molar-refractivity contribution in [1.82, 2.24) is 0 Å². The Hall–Kier alpha value is -1.55. The molecule has 0 aliphatic rings. The quantitative estimate of drug-likeness (QED) is 0.822. The molecule has 0 aliphatic heterocycles. The van der Waals surface area contributed by atoms with Gasteiger partial charge in [-0.3, -0.25) is 4.79 Å². The van der Waals surface area contributed by atoms with Gasteiger partial charge < -0.3 is 15.0 Å². The zero-order chi connectivity index (χ0) is 12.7. The molecule has 0 aliphatic carbocycles. The summed E-state index contributed by atoms with van der Waals surface area (Å²) in [5, 5.41) is 2.85. The number of carbonyl (C=O) groups excluding carboxylic acids is 1. The van der Waals surface area contributed by atoms with Crippen LogP contribution in [0.5, 0.6) is 0 Å². The average molecular weight is 236 g/mol. The minimum atomic E-state index is -0.132. The first-order valence-corrected chi connectivity index (χ1v) is 5.85. The van der Waals surface area contributed by atoms with Gasteiger partial charge in [-0.05, 0) is 26.0 Å². The molecule has 1 aromatic carbocycles. The Labute approximate surface area is 103 Å². The number of benzene rings is 1. The molecule has 0 atom stereocenters. The van der Waals surface area contributed by atoms with E-state index in [0.29, 0.717) is 0 Å². The fourth-order valence-electron chi connectivity index (χ4n) is 1.74. The number of anilines is 2. The summed E-state index contributed by atoms with van der Waals surface area (Å²) in [6.45, 7) is 6.09. The van der Waals surface area contributed by atoms with Gasteiger partial charge in [0.15, 0.2) is 0 Å². The van der Waals surface area contributed by atoms with Crippen molar-refractivity contribution in [2.45, 2.75) is 13.8 Å². The SMILES string of the molecule is CCN(CC)c1ccccc1NC(=O)COC. The predicted octanol–water partition coefficient (Wildman–Crippen LogP) is 2.12. The number of methoxy groups -OCH3 is 1. The molecule has 94 valence electrons. The van der Waals surface area contributed by atoms with Crippen LogP contribution in [-0.2, 0) is 9.53 Å². The third kappa shape index (κ3) is 3.75. The van der Waals surface area contributed by atoms with Crippen LogP contribution in [-0.4, -0.2) is 32.7 Å². The van der Waals surface area contributed by atoms with Crippen LogP contribution in [0.25, 0.3) is 0 Å². The maximum atomic E-state index is 11.5. The number of carbonyl (C=O) groups is 1. The third-order valence-electron chi connectivity index (χ3n) is 2.56. The summed E-state index contributed by atoms with van der Waals surface area (Å²) in [6, 6.07) is 7.80. The Morgan fingerprint density at radius 1 is 1.29 bits per heavy atom. The predicted molar refractivity (Wildman–Crippen MR) is 70.5 cm³/mol. The fraction of sp³-hybridized carbons (Fsp3) is 0.462. The largest absolute Gasteiger partial charge is 0.375 e. The van der Waals surface area contributed by atoms with E-state index in [2.05, 4.69) is 24.1 Å². The first-order valence-electron chi connectivity index (χ1n) is 5.85. The van der Waals surface area contributed by atoms with E-state index in [9.17, 15) is 4.79 Å². The maximum Gasteiger partial charge on any atom is 0.250 e. The van der Waals surface area contributed by atoms with Crippen LogP contribution in [0.3, 0.4) is 0 Å². The van der Waals surface area contributed by atoms with Crippen LogP contribution in [0.15, 0.2) is 24.3 Å². The molecular formula is C13H20N2O2. The standard InChI is InChI=1S/C13H20N2O2/c1-4-15(5-2)12-9-7-6-8-11(12)14-13(16)10-17-3/h6-9H,4-5,10H2,1-3H3,(H,14,16). The lowest BCUT2D eigenvalue weighted by Gasteiger charge is -2.24. The van der Waals surface area contributed by atoms with E-state index >= 15 is 0 Å². The fourth-order valence-corrected chi connectivity index (χ4v) is 1.74. The summed E-state index contributed by atoms with van der Waals surface area (Å²) in [5.74, 6) is -0.132. The smallest absolute Gasteiger partial charge is 0.250 e. The van der Waals surface area contributed by atoms with Crippen LogP contribution in [0.1, 0.15) is 13.8 Å². The second-order valence-electron chi connectivity index (χ2n) is 3.67. The number of ether oxygens (including phenoxy) is 1. The monoisotopic (exact) mass is 236 g/mol. The van der Waals surface area contributed by atoms with Gasteiger partial charge in [0.2, 0.25) is 5.91 Å². The number of nitrogens with one attached hydrogen (secondary N) is 1. The molecule has 0 spiro atoms. The summed E-state index contributed by atoms with van der Waals surface area (Å²) in [5.41, 5.74) is 1.88. The van der Waals surface area contributed by atoms with Crippen molar-refractivity contribution in [1.29, 1.82) is 0 Å². The normalized spacial score (nSPS) is 10.1. The minimum absolute atomic E-state index is 0.0760. The highest BCUT2D eigenvalue weighted by molar-refractivity contribution is 5.95. The molecule has 0 saturated carbocycles. The lowest BCUT2D eigenvalue weighted by Crippen LogP contribution is -2.25. The highest BCUT2D eigenvalue weighted by Gasteiger charge is 2.09. The maximum absolute atomic E-state index is 11.5. The summed E-state index contributed by atoms with van der Waals surface area (Å²) in [6.07, 6.45) is 0. The second-order valence-corrected chi connectivity index (χ2v) is 3.67. The average Bonchev–Trinajstić information content (AvgIpc) is 2.33. The van der Waals surface area contributed by atoms with Gasteiger partial charge in [-0.2, -0.15) is 0 Å². The van der Waals surface area contributed by atoms with E-state index < -0.39 is 0 Å². The first-order chi connectivity index (χ1) is 8.22. The van der Waals surface area contributed by atoms with E-state index in [1.54, 1.807) is 0 Å². The molecule has 0 unspecified atom stereocenters. The van der Waals surface area contributed by atoms with Gasteiger partial charge in [0.25, 0.3) is 0 Å². The molecule has 0 saturated heterocycles. The van der Waals surface area contributed by atoms with Crippen molar-refractivity contribution < 1.29 is 9.53 Å². The molecular weight excluding hydrogens is 216 g/mol. The number of hydrogen-bond donors (Lipinski definition) is 1. The summed E-state index contributed by atoms with van der Waals surface area (Å²) < 4.78 is 4.80. The molecule has 0 radical (unpaired) electrons. The van der Waals surface area contributed by atoms with Crippen LogP contribution in [0.4, 0.5) is 11.4 Å². The van der Waals surface area contributed by atoms with Gasteiger partial charge in [0.05, 0.1) is 11.4 Å². The van der Waals surface area contributed by atoms with E-state index in [4.69, 9.17) is 4.74 Å². The number of amides is 1. The van der Waals surface area contributed by atoms with Crippen molar-refractivity contribution in [2.24, 2.45) is 0 Å². The molecule has 1 rings (SSSR count). The van der Waals surface area contributed by atoms with Crippen molar-refractivity contribution in [3.8, 4) is 0 Å². The Morgan fingerprint density at radius 2 is 1.94 bits per heavy atom. The van der Waals surface area contributed by atoms with Crippen LogP contribution < -0.4 is 10.2 Å². The van der Waals surface area contributed by atoms with Crippen molar-refractivity contribution in [3.63, 3.8) is 0 Å². The van der Waals surface area contributed by atoms with Gasteiger partial charge in [-0.25, -0.2) is 0 Å². The second kappa shape index (κ2) is 6.91. The van der Waals surface area contributed by atoms with Gasteiger partial charge in [-0.1, -0.05) is 12.1 Å². The van der Waals surface area contributed by atoms with Crippen molar-refractivity contribution >= 4 is 17.3 Å². The van der Waals surface area contributed by atoms with Crippen molar-refractivity contribution in [3.05, 3.63) is 24.3 Å². The Kier molecular flexibility index (Phi) is 5.49. The molecule has 4 heteroatoms. The summed E-state index contributed by atoms with van der Waals surface area (Å²) in [7, 11) is 1.51. The molecule has 1 N–H and O–H groups in total. The van der Waals surface area contributed by atoms with Gasteiger partial charge in [0, 0.05) is 20.2 Å². The third-order valence-corrected chi connectivity index (χ3v) is 2.56. The van der Waals surface area contributed by atoms with Crippen molar-refractivity contribution in [2.75, 3.05) is 37.0 Å². The number of para-hydroxylation sites is 2. The highest BCUT2D eigenvalue weighted by Crippen LogP contribution is 2.25. The van der Waals surface area contributed by atoms with Gasteiger partial charge in [0.1, 0.15) is 6.61 Å². The lowest BCUT2D eigenvalue weighted by molar-refractivity contribution is -0.119. The topological polar surface area (TPSA) is 41.6 Å². The Bertz CT molecular complexity index is 362. The molecule has 0 bridgehead atoms. The van der Waals surface area contributed by atoms with E-state index in [0.717, 1.165) is 24.5 Å². The zero-order valence-electron chi connectivity index (χ0n) is 10.7. The number of hydrogen-bond acceptors (Lipinski definition) is 3. The molecule has 17 heavy (non-hydrogen) atoms. The molecule has 1 amide bonds. The Morgan fingerprint density at radius 3 is 2.53 bits per heavy atom. The first kappa shape index (κ1) is 13.5. The van der Waals surface area contributed by atoms with Crippen LogP contribution in [0, 0.1) is 0 Å². The highest BCUT2D eigenvalue weighted by atomic mass is 16.5. The molecule has 0 aromatic heterocycles. The molecule has 1 aromatic rings. The van der Waals surface area contributed by atoms with E-state index in [-0.39, 0.29) is 12.5 Å². The van der Waals surface area contributed by atoms with Gasteiger partial charge >= 0.3 is 0 Å². The molecule has 0 heterocycles. The van der Waals surface area contributed by atoms with E-state index in [1.165, 1.54) is 7.11 Å². The van der Waals surface area contributed by atoms with Gasteiger partial charge in [-0.15, -0.1) is 0 Å². The van der Waals surface area contributed by atoms with Crippen LogP contribution >= 0.6 is 0 Å². The summed E-state index contributed by atoms with van der Waals surface area (Å²) >= 11 is 0. The van der Waals surface area contributed by atoms with Crippen LogP contribution in [0.2, 0.25) is 0 Å².